The predicted molar refractivity (Wildman–Crippen MR) is 156 cm³/mol. The highest BCUT2D eigenvalue weighted by Crippen LogP contribution is 2.19. The number of unbranched alkanes of at least 4 members (excludes halogenated alkanes) is 9. The summed E-state index contributed by atoms with van der Waals surface area (Å²) in [5.74, 6) is 0. The molecule has 0 amide bonds. The average molecular weight is 538 g/mol. The third-order valence-corrected chi connectivity index (χ3v) is 7.59. The lowest BCUT2D eigenvalue weighted by Crippen LogP contribution is -2.36. The van der Waals surface area contributed by atoms with Gasteiger partial charge in [-0.3, -0.25) is 0 Å². The molecule has 0 bridgehead atoms. The third kappa shape index (κ3) is 13.1. The van der Waals surface area contributed by atoms with Gasteiger partial charge in [-0.25, -0.2) is 0 Å². The fraction of sp³-hybridized carbons (Fsp3) is 0.667. The summed E-state index contributed by atoms with van der Waals surface area (Å²) >= 11 is 13.3. The van der Waals surface area contributed by atoms with E-state index in [4.69, 9.17) is 23.2 Å². The molecular weight excluding hydrogens is 487 g/mol. The van der Waals surface area contributed by atoms with Gasteiger partial charge in [0.15, 0.2) is 24.8 Å². The highest BCUT2D eigenvalue weighted by molar-refractivity contribution is 6.18. The molecule has 0 spiro atoms. The Morgan fingerprint density at radius 1 is 0.556 bits per heavy atom. The van der Waals surface area contributed by atoms with Gasteiger partial charge in [0.25, 0.3) is 0 Å². The minimum absolute atomic E-state index is 0.0261. The Hall–Kier alpha value is -1.52. The Bertz CT molecular complexity index is 715. The molecule has 0 aliphatic rings. The van der Waals surface area contributed by atoms with Crippen molar-refractivity contribution in [3.05, 3.63) is 49.1 Å². The summed E-state index contributed by atoms with van der Waals surface area (Å²) < 4.78 is 4.19. The molecule has 0 radical (unpaired) electrons. The number of hydrogen-bond donors (Lipinski definition) is 2. The Labute approximate surface area is 230 Å². The molecule has 0 saturated carbocycles. The number of nitrogens with one attached hydrogen (secondary N) is 2. The van der Waals surface area contributed by atoms with Gasteiger partial charge in [-0.05, 0) is 48.9 Å². The SMILES string of the molecule is CCCCCCCNc1cc[n+](C(Cl)CCCCC(Cl)[n+]2ccc(NCCCCCCC)cc2)cc1. The van der Waals surface area contributed by atoms with Crippen molar-refractivity contribution < 1.29 is 9.13 Å². The first-order valence-electron chi connectivity index (χ1n) is 14.4. The first-order valence-corrected chi connectivity index (χ1v) is 15.3. The van der Waals surface area contributed by atoms with Crippen molar-refractivity contribution in [2.24, 2.45) is 0 Å². The van der Waals surface area contributed by atoms with Gasteiger partial charge in [-0.15, -0.1) is 0 Å². The molecule has 202 valence electrons. The zero-order valence-electron chi connectivity index (χ0n) is 22.7. The third-order valence-electron chi connectivity index (χ3n) is 6.71. The molecule has 0 fully saturated rings. The van der Waals surface area contributed by atoms with Crippen molar-refractivity contribution in [2.45, 2.75) is 115 Å². The lowest BCUT2D eigenvalue weighted by molar-refractivity contribution is -0.704. The number of alkyl halides is 2. The van der Waals surface area contributed by atoms with Crippen LogP contribution >= 0.6 is 23.2 Å². The molecule has 2 atom stereocenters. The van der Waals surface area contributed by atoms with E-state index in [1.54, 1.807) is 0 Å². The van der Waals surface area contributed by atoms with Crippen molar-refractivity contribution in [2.75, 3.05) is 23.7 Å². The summed E-state index contributed by atoms with van der Waals surface area (Å²) in [6.07, 6.45) is 25.3. The van der Waals surface area contributed by atoms with E-state index in [0.717, 1.165) is 38.8 Å². The van der Waals surface area contributed by atoms with Gasteiger partial charge >= 0.3 is 0 Å². The van der Waals surface area contributed by atoms with Crippen LogP contribution in [-0.4, -0.2) is 13.1 Å². The number of nitrogens with zero attached hydrogens (tertiary/aromatic N) is 2. The Morgan fingerprint density at radius 2 is 0.917 bits per heavy atom. The second kappa shape index (κ2) is 19.6. The molecule has 0 aromatic carbocycles. The van der Waals surface area contributed by atoms with Gasteiger partial charge in [0.05, 0.1) is 0 Å². The van der Waals surface area contributed by atoms with E-state index in [1.165, 1.54) is 75.6 Å². The van der Waals surface area contributed by atoms with Crippen molar-refractivity contribution in [3.8, 4) is 0 Å². The first-order chi connectivity index (χ1) is 17.6. The maximum Gasteiger partial charge on any atom is 0.232 e. The lowest BCUT2D eigenvalue weighted by Gasteiger charge is -2.09. The van der Waals surface area contributed by atoms with Crippen molar-refractivity contribution in [1.82, 2.24) is 0 Å². The summed E-state index contributed by atoms with van der Waals surface area (Å²) in [5.41, 5.74) is 2.28. The highest BCUT2D eigenvalue weighted by Gasteiger charge is 2.17. The Kier molecular flexibility index (Phi) is 16.7. The average Bonchev–Trinajstić information content (AvgIpc) is 2.91. The van der Waals surface area contributed by atoms with Crippen LogP contribution in [-0.2, 0) is 0 Å². The van der Waals surface area contributed by atoms with E-state index in [-0.39, 0.29) is 11.0 Å². The normalized spacial score (nSPS) is 12.9. The fourth-order valence-corrected chi connectivity index (χ4v) is 4.90. The van der Waals surface area contributed by atoms with Crippen LogP contribution in [0.4, 0.5) is 11.4 Å². The van der Waals surface area contributed by atoms with Crippen molar-refractivity contribution >= 4 is 34.6 Å². The molecule has 2 heterocycles. The smallest absolute Gasteiger partial charge is 0.232 e. The number of hydrogen-bond acceptors (Lipinski definition) is 2. The zero-order valence-corrected chi connectivity index (χ0v) is 24.2. The van der Waals surface area contributed by atoms with Gasteiger partial charge in [0, 0.05) is 61.6 Å². The van der Waals surface area contributed by atoms with Crippen LogP contribution in [0.25, 0.3) is 0 Å². The second-order valence-corrected chi connectivity index (χ2v) is 10.9. The molecule has 2 aromatic heterocycles. The Balaban J connectivity index is 1.59. The number of rotatable bonds is 21. The van der Waals surface area contributed by atoms with E-state index in [1.807, 2.05) is 0 Å². The van der Waals surface area contributed by atoms with Crippen LogP contribution in [0.3, 0.4) is 0 Å². The number of aromatic nitrogens is 2. The number of pyridine rings is 2. The zero-order chi connectivity index (χ0) is 25.8. The minimum atomic E-state index is -0.0261. The van der Waals surface area contributed by atoms with Crippen LogP contribution in [0.1, 0.15) is 115 Å². The van der Waals surface area contributed by atoms with E-state index in [2.05, 4.69) is 82.7 Å². The molecule has 0 aliphatic carbocycles. The molecule has 36 heavy (non-hydrogen) atoms. The van der Waals surface area contributed by atoms with Gasteiger partial charge in [-0.2, -0.15) is 9.13 Å². The standard InChI is InChI=1S/C30H48Cl2N4/c1-3-5-7-9-13-21-33-27-17-23-35(24-18-27)29(31)15-11-12-16-30(32)36-25-19-28(20-26-36)34-22-14-10-8-6-4-2/h17-20,23-26,29-30H,3-16,21-22H2,1-2H3/p+2. The van der Waals surface area contributed by atoms with Crippen molar-refractivity contribution in [1.29, 1.82) is 0 Å². The largest absolute Gasteiger partial charge is 0.385 e. The summed E-state index contributed by atoms with van der Waals surface area (Å²) in [6, 6.07) is 8.49. The van der Waals surface area contributed by atoms with Crippen LogP contribution < -0.4 is 19.8 Å². The minimum Gasteiger partial charge on any atom is -0.385 e. The molecule has 6 heteroatoms. The van der Waals surface area contributed by atoms with Gasteiger partial charge in [0.2, 0.25) is 11.0 Å². The summed E-state index contributed by atoms with van der Waals surface area (Å²) in [7, 11) is 0. The quantitative estimate of drug-likeness (QED) is 0.0948. The number of anilines is 2. The lowest BCUT2D eigenvalue weighted by atomic mass is 10.1. The molecule has 0 aliphatic heterocycles. The topological polar surface area (TPSA) is 31.8 Å². The summed E-state index contributed by atoms with van der Waals surface area (Å²) in [5, 5.41) is 7.03. The van der Waals surface area contributed by atoms with Gasteiger partial charge in [0.1, 0.15) is 0 Å². The summed E-state index contributed by atoms with van der Waals surface area (Å²) in [6.45, 7) is 6.58. The molecule has 2 unspecified atom stereocenters. The number of halogens is 2. The monoisotopic (exact) mass is 536 g/mol. The van der Waals surface area contributed by atoms with Crippen molar-refractivity contribution in [3.63, 3.8) is 0 Å². The summed E-state index contributed by atoms with van der Waals surface area (Å²) in [4.78, 5) is 0. The Morgan fingerprint density at radius 3 is 1.28 bits per heavy atom. The first kappa shape index (κ1) is 30.7. The fourth-order valence-electron chi connectivity index (χ4n) is 4.33. The van der Waals surface area contributed by atoms with E-state index in [9.17, 15) is 0 Å². The maximum absolute atomic E-state index is 6.66. The van der Waals surface area contributed by atoms with Crippen LogP contribution in [0.5, 0.6) is 0 Å². The maximum atomic E-state index is 6.66. The molecule has 2 N–H and O–H groups in total. The highest BCUT2D eigenvalue weighted by atomic mass is 35.5. The second-order valence-electron chi connectivity index (χ2n) is 9.90. The molecule has 0 saturated heterocycles. The molecule has 2 aromatic rings. The van der Waals surface area contributed by atoms with E-state index >= 15 is 0 Å². The molecular formula is C30H50Cl2N4+2. The molecule has 2 rings (SSSR count). The van der Waals surface area contributed by atoms with Crippen LogP contribution in [0, 0.1) is 0 Å². The predicted octanol–water partition coefficient (Wildman–Crippen LogP) is 8.76. The van der Waals surface area contributed by atoms with Crippen LogP contribution in [0.2, 0.25) is 0 Å². The van der Waals surface area contributed by atoms with Crippen LogP contribution in [0.15, 0.2) is 49.1 Å². The van der Waals surface area contributed by atoms with E-state index in [0.29, 0.717) is 0 Å². The molecule has 4 nitrogen and oxygen atoms in total. The van der Waals surface area contributed by atoms with Gasteiger partial charge in [-0.1, -0.05) is 65.2 Å². The van der Waals surface area contributed by atoms with E-state index < -0.39 is 0 Å². The van der Waals surface area contributed by atoms with Gasteiger partial charge < -0.3 is 10.6 Å².